The van der Waals surface area contributed by atoms with Crippen LogP contribution in [-0.4, -0.2) is 18.0 Å². The Bertz CT molecular complexity index is 662. The fraction of sp³-hybridized carbons (Fsp3) is 0.143. The van der Waals surface area contributed by atoms with E-state index in [9.17, 15) is 9.18 Å². The maximum Gasteiger partial charge on any atom is 0.259 e. The average molecular weight is 339 g/mol. The first-order valence-electron chi connectivity index (χ1n) is 5.78. The first-order valence-corrected chi connectivity index (χ1v) is 6.57. The lowest BCUT2D eigenvalue weighted by Crippen LogP contribution is -2.15. The highest BCUT2D eigenvalue weighted by Crippen LogP contribution is 2.20. The standard InChI is InChI=1S/C14H12BrFN2O2/c1-8-5-9(15)7-17-13(8)18-14(19)11-4-3-10(20-2)6-12(11)16/h3-7H,1-2H3,(H,17,18,19). The van der Waals surface area contributed by atoms with E-state index in [-0.39, 0.29) is 5.56 Å². The quantitative estimate of drug-likeness (QED) is 0.930. The molecule has 0 saturated heterocycles. The number of nitrogens with zero attached hydrogens (tertiary/aromatic N) is 1. The molecular weight excluding hydrogens is 327 g/mol. The van der Waals surface area contributed by atoms with Crippen LogP contribution in [0.5, 0.6) is 5.75 Å². The van der Waals surface area contributed by atoms with Crippen LogP contribution in [0.2, 0.25) is 0 Å². The molecule has 1 heterocycles. The van der Waals surface area contributed by atoms with E-state index in [1.807, 2.05) is 6.07 Å². The van der Waals surface area contributed by atoms with Gasteiger partial charge in [-0.1, -0.05) is 0 Å². The first-order chi connectivity index (χ1) is 9.51. The second kappa shape index (κ2) is 6.00. The molecule has 0 aliphatic rings. The van der Waals surface area contributed by atoms with Gasteiger partial charge in [-0.2, -0.15) is 0 Å². The van der Waals surface area contributed by atoms with Crippen molar-refractivity contribution in [2.45, 2.75) is 6.92 Å². The van der Waals surface area contributed by atoms with Crippen LogP contribution in [0.3, 0.4) is 0 Å². The minimum absolute atomic E-state index is 0.0603. The van der Waals surface area contributed by atoms with Crippen molar-refractivity contribution < 1.29 is 13.9 Å². The molecule has 1 aromatic carbocycles. The van der Waals surface area contributed by atoms with Gasteiger partial charge in [-0.3, -0.25) is 4.79 Å². The third kappa shape index (κ3) is 3.14. The van der Waals surface area contributed by atoms with Crippen LogP contribution < -0.4 is 10.1 Å². The molecule has 0 saturated carbocycles. The zero-order valence-electron chi connectivity index (χ0n) is 10.9. The van der Waals surface area contributed by atoms with Gasteiger partial charge in [-0.05, 0) is 46.6 Å². The molecule has 104 valence electrons. The molecule has 20 heavy (non-hydrogen) atoms. The molecule has 4 nitrogen and oxygen atoms in total. The van der Waals surface area contributed by atoms with Crippen molar-refractivity contribution in [2.75, 3.05) is 12.4 Å². The Morgan fingerprint density at radius 2 is 2.15 bits per heavy atom. The maximum atomic E-state index is 13.8. The molecule has 1 amide bonds. The summed E-state index contributed by atoms with van der Waals surface area (Å²) >= 11 is 3.29. The number of carbonyl (C=O) groups excluding carboxylic acids is 1. The average Bonchev–Trinajstić information content (AvgIpc) is 2.41. The van der Waals surface area contributed by atoms with Crippen LogP contribution in [0.4, 0.5) is 10.2 Å². The summed E-state index contributed by atoms with van der Waals surface area (Å²) in [5.41, 5.74) is 0.719. The van der Waals surface area contributed by atoms with E-state index in [1.54, 1.807) is 13.1 Å². The highest BCUT2D eigenvalue weighted by molar-refractivity contribution is 9.10. The zero-order chi connectivity index (χ0) is 14.7. The van der Waals surface area contributed by atoms with Gasteiger partial charge in [0.15, 0.2) is 0 Å². The van der Waals surface area contributed by atoms with Crippen molar-refractivity contribution in [1.82, 2.24) is 4.98 Å². The number of ether oxygens (including phenoxy) is 1. The van der Waals surface area contributed by atoms with Crippen molar-refractivity contribution in [3.63, 3.8) is 0 Å². The smallest absolute Gasteiger partial charge is 0.259 e. The molecule has 2 rings (SSSR count). The second-order valence-electron chi connectivity index (χ2n) is 4.12. The third-order valence-electron chi connectivity index (χ3n) is 2.70. The van der Waals surface area contributed by atoms with Gasteiger partial charge in [0.1, 0.15) is 17.4 Å². The molecule has 1 aromatic heterocycles. The number of hydrogen-bond donors (Lipinski definition) is 1. The van der Waals surface area contributed by atoms with E-state index in [0.717, 1.165) is 16.1 Å². The Labute approximate surface area is 124 Å². The number of nitrogens with one attached hydrogen (secondary N) is 1. The van der Waals surface area contributed by atoms with Gasteiger partial charge in [0.05, 0.1) is 12.7 Å². The van der Waals surface area contributed by atoms with Crippen LogP contribution in [0.25, 0.3) is 0 Å². The van der Waals surface area contributed by atoms with E-state index in [0.29, 0.717) is 11.6 Å². The van der Waals surface area contributed by atoms with Crippen molar-refractivity contribution in [3.8, 4) is 5.75 Å². The largest absolute Gasteiger partial charge is 0.497 e. The number of aryl methyl sites for hydroxylation is 1. The fourth-order valence-corrected chi connectivity index (χ4v) is 2.10. The highest BCUT2D eigenvalue weighted by atomic mass is 79.9. The number of hydrogen-bond acceptors (Lipinski definition) is 3. The predicted octanol–water partition coefficient (Wildman–Crippen LogP) is 3.55. The molecule has 6 heteroatoms. The topological polar surface area (TPSA) is 51.2 Å². The molecule has 1 N–H and O–H groups in total. The summed E-state index contributed by atoms with van der Waals surface area (Å²) in [4.78, 5) is 16.1. The SMILES string of the molecule is COc1ccc(C(=O)Nc2ncc(Br)cc2C)c(F)c1. The maximum absolute atomic E-state index is 13.8. The minimum atomic E-state index is -0.642. The molecule has 0 aliphatic heterocycles. The number of anilines is 1. The fourth-order valence-electron chi connectivity index (χ4n) is 1.65. The molecule has 0 radical (unpaired) electrons. The van der Waals surface area contributed by atoms with E-state index >= 15 is 0 Å². The minimum Gasteiger partial charge on any atom is -0.497 e. The van der Waals surface area contributed by atoms with Crippen LogP contribution in [0, 0.1) is 12.7 Å². The van der Waals surface area contributed by atoms with Crippen molar-refractivity contribution >= 4 is 27.7 Å². The number of halogens is 2. The lowest BCUT2D eigenvalue weighted by atomic mass is 10.2. The number of pyridine rings is 1. The van der Waals surface area contributed by atoms with Crippen LogP contribution >= 0.6 is 15.9 Å². The molecule has 0 fully saturated rings. The Morgan fingerprint density at radius 1 is 1.40 bits per heavy atom. The van der Waals surface area contributed by atoms with Crippen LogP contribution in [-0.2, 0) is 0 Å². The predicted molar refractivity (Wildman–Crippen MR) is 77.6 cm³/mol. The van der Waals surface area contributed by atoms with Crippen molar-refractivity contribution in [1.29, 1.82) is 0 Å². The molecule has 0 unspecified atom stereocenters. The van der Waals surface area contributed by atoms with Crippen molar-refractivity contribution in [2.24, 2.45) is 0 Å². The van der Waals surface area contributed by atoms with Gasteiger partial charge in [-0.15, -0.1) is 0 Å². The number of aromatic nitrogens is 1. The Kier molecular flexibility index (Phi) is 4.34. The first kappa shape index (κ1) is 14.5. The Hall–Kier alpha value is -1.95. The second-order valence-corrected chi connectivity index (χ2v) is 5.03. The van der Waals surface area contributed by atoms with Gasteiger partial charge in [-0.25, -0.2) is 9.37 Å². The van der Waals surface area contributed by atoms with E-state index in [4.69, 9.17) is 4.74 Å². The number of benzene rings is 1. The monoisotopic (exact) mass is 338 g/mol. The van der Waals surface area contributed by atoms with Crippen molar-refractivity contribution in [3.05, 3.63) is 51.9 Å². The Balaban J connectivity index is 2.24. The van der Waals surface area contributed by atoms with Gasteiger partial charge >= 0.3 is 0 Å². The molecular formula is C14H12BrFN2O2. The summed E-state index contributed by atoms with van der Waals surface area (Å²) in [5, 5.41) is 2.58. The summed E-state index contributed by atoms with van der Waals surface area (Å²) < 4.78 is 19.5. The molecule has 0 aliphatic carbocycles. The van der Waals surface area contributed by atoms with Crippen LogP contribution in [0.15, 0.2) is 34.9 Å². The molecule has 2 aromatic rings. The summed E-state index contributed by atoms with van der Waals surface area (Å²) in [7, 11) is 1.43. The van der Waals surface area contributed by atoms with Gasteiger partial charge in [0.25, 0.3) is 5.91 Å². The number of carbonyl (C=O) groups is 1. The molecule has 0 atom stereocenters. The highest BCUT2D eigenvalue weighted by Gasteiger charge is 2.14. The summed E-state index contributed by atoms with van der Waals surface area (Å²) in [5.74, 6) is -0.440. The van der Waals surface area contributed by atoms with Gasteiger partial charge in [0, 0.05) is 16.7 Å². The molecule has 0 spiro atoms. The lowest BCUT2D eigenvalue weighted by molar-refractivity contribution is 0.102. The number of amides is 1. The number of rotatable bonds is 3. The lowest BCUT2D eigenvalue weighted by Gasteiger charge is -2.09. The number of methoxy groups -OCH3 is 1. The summed E-state index contributed by atoms with van der Waals surface area (Å²) in [6, 6.07) is 5.88. The zero-order valence-corrected chi connectivity index (χ0v) is 12.5. The Morgan fingerprint density at radius 3 is 2.75 bits per heavy atom. The van der Waals surface area contributed by atoms with E-state index in [1.165, 1.54) is 19.2 Å². The van der Waals surface area contributed by atoms with Gasteiger partial charge < -0.3 is 10.1 Å². The molecule has 0 bridgehead atoms. The summed E-state index contributed by atoms with van der Waals surface area (Å²) in [6.07, 6.45) is 1.56. The van der Waals surface area contributed by atoms with E-state index in [2.05, 4.69) is 26.2 Å². The summed E-state index contributed by atoms with van der Waals surface area (Å²) in [6.45, 7) is 1.80. The van der Waals surface area contributed by atoms with E-state index < -0.39 is 11.7 Å². The third-order valence-corrected chi connectivity index (χ3v) is 3.13. The normalized spacial score (nSPS) is 10.2. The van der Waals surface area contributed by atoms with Crippen LogP contribution in [0.1, 0.15) is 15.9 Å². The van der Waals surface area contributed by atoms with Gasteiger partial charge in [0.2, 0.25) is 0 Å².